The molecule has 7 nitrogen and oxygen atoms in total. The molecule has 0 saturated heterocycles. The Balaban J connectivity index is 1.39. The second kappa shape index (κ2) is 8.26. The minimum atomic E-state index is -1.86. The maximum absolute atomic E-state index is 13.1. The second-order valence-electron chi connectivity index (χ2n) is 11.8. The van der Waals surface area contributed by atoms with Crippen LogP contribution in [-0.4, -0.2) is 62.7 Å². The van der Waals surface area contributed by atoms with E-state index in [1.54, 1.807) is 6.92 Å². The first-order valence-electron chi connectivity index (χ1n) is 12.9. The van der Waals surface area contributed by atoms with Crippen LogP contribution in [0.1, 0.15) is 59.3 Å². The van der Waals surface area contributed by atoms with Gasteiger partial charge in [-0.05, 0) is 93.6 Å². The topological polar surface area (TPSA) is 124 Å². The normalized spacial score (nSPS) is 49.3. The number of hydrogen-bond donors (Lipinski definition) is 4. The van der Waals surface area contributed by atoms with Gasteiger partial charge in [0.05, 0.1) is 23.7 Å². The first-order valence-corrected chi connectivity index (χ1v) is 12.9. The zero-order chi connectivity index (χ0) is 24.6. The van der Waals surface area contributed by atoms with Gasteiger partial charge in [0, 0.05) is 6.42 Å². The van der Waals surface area contributed by atoms with Crippen molar-refractivity contribution in [2.45, 2.75) is 83.2 Å². The van der Waals surface area contributed by atoms with E-state index >= 15 is 0 Å². The number of ether oxygens (including phenoxy) is 1. The van der Waals surface area contributed by atoms with Crippen molar-refractivity contribution in [2.24, 2.45) is 40.9 Å². The molecule has 0 aromatic carbocycles. The highest BCUT2D eigenvalue weighted by molar-refractivity contribution is 5.97. The molecule has 5 rings (SSSR count). The standard InChI is InChI=1S/C27H38O7/c1-13-10-21(34-25(32)19(13)12-28)14(2)15-4-5-17-16(15)6-7-20-18(17)11-24(31)27(33)23(30)9-8-22(29)26(20,27)3/h8-9,14-18,20-21,23-24,28,30-31,33H,4-7,10-12H2,1-3H3/t14-,15+,16+,17+,18-,20-,21+,23-,24-,26-,27+/m0/s1. The van der Waals surface area contributed by atoms with Crippen molar-refractivity contribution >= 4 is 11.8 Å². The molecule has 0 aromatic heterocycles. The molecule has 0 aromatic rings. The molecule has 5 aliphatic rings. The van der Waals surface area contributed by atoms with Crippen LogP contribution in [0.5, 0.6) is 0 Å². The molecule has 11 atom stereocenters. The Hall–Kier alpha value is -1.54. The molecule has 3 fully saturated rings. The smallest absolute Gasteiger partial charge is 0.336 e. The number of rotatable bonds is 3. The van der Waals surface area contributed by atoms with Crippen LogP contribution in [0.2, 0.25) is 0 Å². The van der Waals surface area contributed by atoms with Gasteiger partial charge in [-0.2, -0.15) is 0 Å². The van der Waals surface area contributed by atoms with E-state index in [2.05, 4.69) is 6.92 Å². The van der Waals surface area contributed by atoms with Crippen LogP contribution in [0, 0.1) is 40.9 Å². The lowest BCUT2D eigenvalue weighted by Gasteiger charge is -2.62. The Labute approximate surface area is 200 Å². The van der Waals surface area contributed by atoms with E-state index in [4.69, 9.17) is 4.74 Å². The number of ketones is 1. The number of allylic oxidation sites excluding steroid dienone is 1. The number of carbonyl (C=O) groups excluding carboxylic acids is 2. The van der Waals surface area contributed by atoms with Crippen LogP contribution in [0.25, 0.3) is 0 Å². The molecule has 1 heterocycles. The molecule has 4 N–H and O–H groups in total. The van der Waals surface area contributed by atoms with Crippen LogP contribution in [0.4, 0.5) is 0 Å². The van der Waals surface area contributed by atoms with E-state index in [1.807, 2.05) is 6.92 Å². The third-order valence-electron chi connectivity index (χ3n) is 10.7. The van der Waals surface area contributed by atoms with Crippen molar-refractivity contribution in [1.29, 1.82) is 0 Å². The third-order valence-corrected chi connectivity index (χ3v) is 10.7. The Kier molecular flexibility index (Phi) is 5.87. The van der Waals surface area contributed by atoms with Gasteiger partial charge in [-0.1, -0.05) is 12.5 Å². The average molecular weight is 475 g/mol. The first-order chi connectivity index (χ1) is 16.0. The monoisotopic (exact) mass is 474 g/mol. The van der Waals surface area contributed by atoms with Gasteiger partial charge in [-0.15, -0.1) is 0 Å². The van der Waals surface area contributed by atoms with Gasteiger partial charge in [0.25, 0.3) is 0 Å². The molecule has 0 unspecified atom stereocenters. The predicted octanol–water partition coefficient (Wildman–Crippen LogP) is 1.92. The molecule has 0 amide bonds. The number of aliphatic hydroxyl groups excluding tert-OH is 3. The lowest BCUT2D eigenvalue weighted by Crippen LogP contribution is -2.73. The van der Waals surface area contributed by atoms with Gasteiger partial charge in [0.15, 0.2) is 5.78 Å². The number of hydrogen-bond acceptors (Lipinski definition) is 7. The molecule has 3 saturated carbocycles. The summed E-state index contributed by atoms with van der Waals surface area (Å²) >= 11 is 0. The van der Waals surface area contributed by atoms with Crippen LogP contribution < -0.4 is 0 Å². The predicted molar refractivity (Wildman–Crippen MR) is 123 cm³/mol. The molecule has 1 aliphatic heterocycles. The fourth-order valence-electron chi connectivity index (χ4n) is 8.76. The average Bonchev–Trinajstić information content (AvgIpc) is 3.23. The van der Waals surface area contributed by atoms with Crippen LogP contribution in [0.15, 0.2) is 23.3 Å². The maximum atomic E-state index is 13.1. The first kappa shape index (κ1) is 24.2. The molecule has 34 heavy (non-hydrogen) atoms. The quantitative estimate of drug-likeness (QED) is 0.461. The second-order valence-corrected chi connectivity index (χ2v) is 11.8. The minimum Gasteiger partial charge on any atom is -0.458 e. The third kappa shape index (κ3) is 3.09. The van der Waals surface area contributed by atoms with Crippen molar-refractivity contribution in [3.8, 4) is 0 Å². The highest BCUT2D eigenvalue weighted by Gasteiger charge is 2.70. The van der Waals surface area contributed by atoms with Gasteiger partial charge in [0.2, 0.25) is 0 Å². The summed E-state index contributed by atoms with van der Waals surface area (Å²) in [6.07, 6.45) is 4.79. The van der Waals surface area contributed by atoms with Gasteiger partial charge >= 0.3 is 5.97 Å². The van der Waals surface area contributed by atoms with Gasteiger partial charge in [-0.3, -0.25) is 4.79 Å². The molecule has 188 valence electrons. The van der Waals surface area contributed by atoms with Crippen molar-refractivity contribution in [1.82, 2.24) is 0 Å². The van der Waals surface area contributed by atoms with Crippen molar-refractivity contribution in [3.63, 3.8) is 0 Å². The summed E-state index contributed by atoms with van der Waals surface area (Å²) < 4.78 is 5.75. The lowest BCUT2D eigenvalue weighted by atomic mass is 9.44. The molecular weight excluding hydrogens is 436 g/mol. The molecule has 7 heteroatoms. The number of esters is 1. The molecule has 0 radical (unpaired) electrons. The Morgan fingerprint density at radius 2 is 1.82 bits per heavy atom. The molecule has 4 aliphatic carbocycles. The van der Waals surface area contributed by atoms with Gasteiger partial charge < -0.3 is 25.2 Å². The van der Waals surface area contributed by atoms with Crippen LogP contribution in [-0.2, 0) is 14.3 Å². The van der Waals surface area contributed by atoms with Crippen molar-refractivity contribution in [3.05, 3.63) is 23.3 Å². The SMILES string of the molecule is CC1=C(CO)C(=O)O[C@@H]([C@@H](C)[C@H]2CC[C@@H]3[C@@H]2CC[C@H]2[C@H]3C[C@H](O)[C@]3(O)[C@@H](O)C=CC(=O)[C@]23C)C1. The van der Waals surface area contributed by atoms with Gasteiger partial charge in [0.1, 0.15) is 17.8 Å². The minimum absolute atomic E-state index is 0.0897. The van der Waals surface area contributed by atoms with Crippen molar-refractivity contribution in [2.75, 3.05) is 6.61 Å². The molecule has 0 bridgehead atoms. The molecule has 0 spiro atoms. The Bertz CT molecular complexity index is 939. The van der Waals surface area contributed by atoms with Crippen LogP contribution in [0.3, 0.4) is 0 Å². The highest BCUT2D eigenvalue weighted by Crippen LogP contribution is 2.64. The zero-order valence-corrected chi connectivity index (χ0v) is 20.3. The zero-order valence-electron chi connectivity index (χ0n) is 20.3. The fourth-order valence-corrected chi connectivity index (χ4v) is 8.76. The van der Waals surface area contributed by atoms with E-state index in [0.29, 0.717) is 36.2 Å². The van der Waals surface area contributed by atoms with Gasteiger partial charge in [-0.25, -0.2) is 4.79 Å². The lowest BCUT2D eigenvalue weighted by molar-refractivity contribution is -0.254. The van der Waals surface area contributed by atoms with E-state index in [-0.39, 0.29) is 36.2 Å². The number of fused-ring (bicyclic) bond motifs is 5. The highest BCUT2D eigenvalue weighted by atomic mass is 16.5. The summed E-state index contributed by atoms with van der Waals surface area (Å²) in [5.74, 6) is 0.710. The Morgan fingerprint density at radius 1 is 1.12 bits per heavy atom. The maximum Gasteiger partial charge on any atom is 0.336 e. The summed E-state index contributed by atoms with van der Waals surface area (Å²) in [6.45, 7) is 5.51. The summed E-state index contributed by atoms with van der Waals surface area (Å²) in [5, 5.41) is 42.7. The summed E-state index contributed by atoms with van der Waals surface area (Å²) in [5.41, 5.74) is -1.79. The van der Waals surface area contributed by atoms with E-state index in [0.717, 1.165) is 31.3 Å². The molecular formula is C27H38O7. The summed E-state index contributed by atoms with van der Waals surface area (Å²) in [6, 6.07) is 0. The van der Waals surface area contributed by atoms with E-state index < -0.39 is 29.2 Å². The number of cyclic esters (lactones) is 1. The summed E-state index contributed by atoms with van der Waals surface area (Å²) in [4.78, 5) is 25.5. The van der Waals surface area contributed by atoms with Crippen molar-refractivity contribution < 1.29 is 34.8 Å². The summed E-state index contributed by atoms with van der Waals surface area (Å²) in [7, 11) is 0. The Morgan fingerprint density at radius 3 is 2.50 bits per heavy atom. The number of aliphatic hydroxyl groups is 4. The fraction of sp³-hybridized carbons (Fsp3) is 0.778. The van der Waals surface area contributed by atoms with Crippen LogP contribution >= 0.6 is 0 Å². The van der Waals surface area contributed by atoms with E-state index in [9.17, 15) is 30.0 Å². The largest absolute Gasteiger partial charge is 0.458 e. The number of carbonyl (C=O) groups is 2. The van der Waals surface area contributed by atoms with E-state index in [1.165, 1.54) is 12.2 Å².